The Morgan fingerprint density at radius 1 is 1.55 bits per heavy atom. The molecule has 20 heavy (non-hydrogen) atoms. The van der Waals surface area contributed by atoms with Gasteiger partial charge in [-0.2, -0.15) is 5.10 Å². The van der Waals surface area contributed by atoms with Gasteiger partial charge in [0.05, 0.1) is 19.3 Å². The van der Waals surface area contributed by atoms with Gasteiger partial charge in [0, 0.05) is 25.4 Å². The smallest absolute Gasteiger partial charge is 0.244 e. The maximum atomic E-state index is 12.2. The molecule has 1 atom stereocenters. The van der Waals surface area contributed by atoms with Gasteiger partial charge in [-0.25, -0.2) is 13.1 Å². The zero-order valence-electron chi connectivity index (χ0n) is 11.7. The summed E-state index contributed by atoms with van der Waals surface area (Å²) in [6, 6.07) is -0.140. The standard InChI is InChI=1S/C12H22N4O3S/c1-2-13-5-6-16-9-12(8-14-16)20(17,18)15-11-4-3-7-19-10-11/h8-9,11,13,15H,2-7,10H2,1H3. The molecule has 2 heterocycles. The summed E-state index contributed by atoms with van der Waals surface area (Å²) in [6.45, 7) is 5.47. The van der Waals surface area contributed by atoms with Crippen molar-refractivity contribution in [2.45, 2.75) is 37.2 Å². The van der Waals surface area contributed by atoms with Crippen molar-refractivity contribution < 1.29 is 13.2 Å². The van der Waals surface area contributed by atoms with Crippen molar-refractivity contribution in [2.75, 3.05) is 26.3 Å². The van der Waals surface area contributed by atoms with Crippen molar-refractivity contribution in [3.8, 4) is 0 Å². The molecule has 0 spiro atoms. The van der Waals surface area contributed by atoms with Gasteiger partial charge in [0.25, 0.3) is 0 Å². The van der Waals surface area contributed by atoms with E-state index in [1.165, 1.54) is 6.20 Å². The molecule has 114 valence electrons. The molecule has 1 aliphatic heterocycles. The van der Waals surface area contributed by atoms with E-state index in [-0.39, 0.29) is 10.9 Å². The molecule has 2 N–H and O–H groups in total. The van der Waals surface area contributed by atoms with Gasteiger partial charge in [-0.3, -0.25) is 4.68 Å². The summed E-state index contributed by atoms with van der Waals surface area (Å²) in [6.07, 6.45) is 4.64. The number of ether oxygens (including phenoxy) is 1. The molecule has 0 radical (unpaired) electrons. The average Bonchev–Trinajstić information content (AvgIpc) is 2.89. The molecule has 2 rings (SSSR count). The topological polar surface area (TPSA) is 85.2 Å². The summed E-state index contributed by atoms with van der Waals surface area (Å²) in [4.78, 5) is 0.208. The van der Waals surface area contributed by atoms with Crippen LogP contribution >= 0.6 is 0 Å². The Bertz CT molecular complexity index is 509. The first kappa shape index (κ1) is 15.4. The van der Waals surface area contributed by atoms with Crippen molar-refractivity contribution >= 4 is 10.0 Å². The van der Waals surface area contributed by atoms with Crippen LogP contribution in [0, 0.1) is 0 Å². The third kappa shape index (κ3) is 4.27. The summed E-state index contributed by atoms with van der Waals surface area (Å²) in [5, 5.41) is 7.24. The lowest BCUT2D eigenvalue weighted by Crippen LogP contribution is -2.40. The van der Waals surface area contributed by atoms with Crippen molar-refractivity contribution in [3.63, 3.8) is 0 Å². The summed E-state index contributed by atoms with van der Waals surface area (Å²) >= 11 is 0. The van der Waals surface area contributed by atoms with E-state index in [1.807, 2.05) is 6.92 Å². The minimum atomic E-state index is -3.50. The van der Waals surface area contributed by atoms with Crippen LogP contribution < -0.4 is 10.0 Å². The number of nitrogens with one attached hydrogen (secondary N) is 2. The number of rotatable bonds is 7. The monoisotopic (exact) mass is 302 g/mol. The molecule has 0 amide bonds. The average molecular weight is 302 g/mol. The zero-order chi connectivity index (χ0) is 14.4. The molecular weight excluding hydrogens is 280 g/mol. The minimum Gasteiger partial charge on any atom is -0.380 e. The lowest BCUT2D eigenvalue weighted by molar-refractivity contribution is 0.0774. The highest BCUT2D eigenvalue weighted by Crippen LogP contribution is 2.12. The Morgan fingerprint density at radius 2 is 2.40 bits per heavy atom. The fraction of sp³-hybridized carbons (Fsp3) is 0.750. The molecule has 1 aliphatic rings. The SMILES string of the molecule is CCNCCn1cc(S(=O)(=O)NC2CCCOC2)cn1. The van der Waals surface area contributed by atoms with Crippen LogP contribution in [0.5, 0.6) is 0 Å². The molecular formula is C12H22N4O3S. The maximum Gasteiger partial charge on any atom is 0.244 e. The van der Waals surface area contributed by atoms with Gasteiger partial charge in [0.2, 0.25) is 10.0 Å². The van der Waals surface area contributed by atoms with E-state index >= 15 is 0 Å². The van der Waals surface area contributed by atoms with Gasteiger partial charge in [-0.1, -0.05) is 6.92 Å². The largest absolute Gasteiger partial charge is 0.380 e. The molecule has 1 unspecified atom stereocenters. The predicted molar refractivity (Wildman–Crippen MR) is 74.9 cm³/mol. The number of aromatic nitrogens is 2. The van der Waals surface area contributed by atoms with Gasteiger partial charge in [-0.15, -0.1) is 0 Å². The number of sulfonamides is 1. The molecule has 7 nitrogen and oxygen atoms in total. The van der Waals surface area contributed by atoms with Gasteiger partial charge in [0.1, 0.15) is 4.90 Å². The molecule has 0 aliphatic carbocycles. The van der Waals surface area contributed by atoms with Crippen LogP contribution in [0.4, 0.5) is 0 Å². The minimum absolute atomic E-state index is 0.140. The Balaban J connectivity index is 1.94. The molecule has 1 saturated heterocycles. The van der Waals surface area contributed by atoms with Crippen LogP contribution in [0.3, 0.4) is 0 Å². The second-order valence-electron chi connectivity index (χ2n) is 4.83. The van der Waals surface area contributed by atoms with Crippen molar-refractivity contribution in [3.05, 3.63) is 12.4 Å². The lowest BCUT2D eigenvalue weighted by atomic mass is 10.1. The fourth-order valence-corrected chi connectivity index (χ4v) is 3.30. The Kier molecular flexibility index (Phi) is 5.53. The molecule has 8 heteroatoms. The van der Waals surface area contributed by atoms with Crippen LogP contribution in [0.15, 0.2) is 17.3 Å². The van der Waals surface area contributed by atoms with Crippen LogP contribution in [0.25, 0.3) is 0 Å². The number of nitrogens with zero attached hydrogens (tertiary/aromatic N) is 2. The van der Waals surface area contributed by atoms with E-state index in [0.29, 0.717) is 19.8 Å². The van der Waals surface area contributed by atoms with Crippen LogP contribution in [-0.2, 0) is 21.3 Å². The van der Waals surface area contributed by atoms with Gasteiger partial charge < -0.3 is 10.1 Å². The van der Waals surface area contributed by atoms with Crippen molar-refractivity contribution in [1.29, 1.82) is 0 Å². The molecule has 0 aromatic carbocycles. The third-order valence-corrected chi connectivity index (χ3v) is 4.64. The highest BCUT2D eigenvalue weighted by Gasteiger charge is 2.23. The van der Waals surface area contributed by atoms with Gasteiger partial charge in [-0.05, 0) is 19.4 Å². The summed E-state index contributed by atoms with van der Waals surface area (Å²) in [5.74, 6) is 0. The number of likely N-dealkylation sites (N-methyl/N-ethyl adjacent to an activating group) is 1. The van der Waals surface area contributed by atoms with Crippen molar-refractivity contribution in [1.82, 2.24) is 19.8 Å². The molecule has 1 aromatic heterocycles. The second-order valence-corrected chi connectivity index (χ2v) is 6.54. The lowest BCUT2D eigenvalue weighted by Gasteiger charge is -2.22. The van der Waals surface area contributed by atoms with Gasteiger partial charge >= 0.3 is 0 Å². The maximum absolute atomic E-state index is 12.2. The van der Waals surface area contributed by atoms with E-state index in [4.69, 9.17) is 4.74 Å². The van der Waals surface area contributed by atoms with Crippen LogP contribution in [-0.4, -0.2) is 50.5 Å². The molecule has 0 bridgehead atoms. The normalized spacial score (nSPS) is 20.1. The first-order chi connectivity index (χ1) is 9.62. The van der Waals surface area contributed by atoms with Crippen LogP contribution in [0.2, 0.25) is 0 Å². The van der Waals surface area contributed by atoms with Crippen molar-refractivity contribution in [2.24, 2.45) is 0 Å². The second kappa shape index (κ2) is 7.16. The number of hydrogen-bond donors (Lipinski definition) is 2. The van der Waals surface area contributed by atoms with E-state index in [9.17, 15) is 8.42 Å². The quantitative estimate of drug-likeness (QED) is 0.690. The molecule has 1 fully saturated rings. The summed E-state index contributed by atoms with van der Waals surface area (Å²) < 4.78 is 34.0. The highest BCUT2D eigenvalue weighted by atomic mass is 32.2. The fourth-order valence-electron chi connectivity index (χ4n) is 2.10. The predicted octanol–water partition coefficient (Wildman–Crippen LogP) is -0.0501. The van der Waals surface area contributed by atoms with Gasteiger partial charge in [0.15, 0.2) is 0 Å². The Morgan fingerprint density at radius 3 is 3.10 bits per heavy atom. The van der Waals surface area contributed by atoms with E-state index in [1.54, 1.807) is 10.9 Å². The summed E-state index contributed by atoms with van der Waals surface area (Å²) in [5.41, 5.74) is 0. The summed E-state index contributed by atoms with van der Waals surface area (Å²) in [7, 11) is -3.50. The first-order valence-corrected chi connectivity index (χ1v) is 8.43. The zero-order valence-corrected chi connectivity index (χ0v) is 12.5. The van der Waals surface area contributed by atoms with E-state index < -0.39 is 10.0 Å². The molecule has 0 saturated carbocycles. The highest BCUT2D eigenvalue weighted by molar-refractivity contribution is 7.89. The van der Waals surface area contributed by atoms with Crippen LogP contribution in [0.1, 0.15) is 19.8 Å². The van der Waals surface area contributed by atoms with E-state index in [2.05, 4.69) is 15.1 Å². The third-order valence-electron chi connectivity index (χ3n) is 3.17. The Hall–Kier alpha value is -0.960. The number of hydrogen-bond acceptors (Lipinski definition) is 5. The van der Waals surface area contributed by atoms with E-state index in [0.717, 1.165) is 25.9 Å². The first-order valence-electron chi connectivity index (χ1n) is 6.95. The molecule has 1 aromatic rings. The Labute approximate surface area is 119 Å².